The third kappa shape index (κ3) is 4.36. The van der Waals surface area contributed by atoms with Gasteiger partial charge in [0, 0.05) is 19.6 Å². The Morgan fingerprint density at radius 1 is 1.17 bits per heavy atom. The van der Waals surface area contributed by atoms with Gasteiger partial charge in [-0.25, -0.2) is 4.79 Å². The van der Waals surface area contributed by atoms with Gasteiger partial charge in [-0.2, -0.15) is 0 Å². The van der Waals surface area contributed by atoms with Gasteiger partial charge in [-0.1, -0.05) is 29.8 Å². The van der Waals surface area contributed by atoms with Gasteiger partial charge in [0.2, 0.25) is 0 Å². The number of nitrogens with zero attached hydrogens (tertiary/aromatic N) is 1. The molecule has 0 aromatic heterocycles. The highest BCUT2D eigenvalue weighted by atomic mass is 16.5. The first-order valence-corrected chi connectivity index (χ1v) is 8.38. The summed E-state index contributed by atoms with van der Waals surface area (Å²) < 4.78 is 6.06. The zero-order chi connectivity index (χ0) is 16.9. The number of piperidine rings is 1. The smallest absolute Gasteiger partial charge is 0.335 e. The van der Waals surface area contributed by atoms with E-state index < -0.39 is 5.97 Å². The number of aryl methyl sites for hydroxylation is 1. The van der Waals surface area contributed by atoms with Crippen LogP contribution in [0.25, 0.3) is 0 Å². The molecule has 2 aromatic rings. The normalized spacial score (nSPS) is 16.0. The van der Waals surface area contributed by atoms with Crippen LogP contribution in [0.4, 0.5) is 0 Å². The SMILES string of the molecule is Cc1ccc(OC2CCN(Cc3cccc(C(=O)O)c3)CC2)cc1. The molecule has 126 valence electrons. The molecule has 1 aliphatic heterocycles. The maximum absolute atomic E-state index is 11.1. The fourth-order valence-electron chi connectivity index (χ4n) is 3.06. The van der Waals surface area contributed by atoms with Crippen molar-refractivity contribution >= 4 is 5.97 Å². The number of carbonyl (C=O) groups is 1. The maximum Gasteiger partial charge on any atom is 0.335 e. The molecule has 4 nitrogen and oxygen atoms in total. The molecular formula is C20H23NO3. The summed E-state index contributed by atoms with van der Waals surface area (Å²) >= 11 is 0. The Labute approximate surface area is 142 Å². The standard InChI is InChI=1S/C20H23NO3/c1-15-5-7-18(8-6-15)24-19-9-11-21(12-10-19)14-16-3-2-4-17(13-16)20(22)23/h2-8,13,19H,9-12,14H2,1H3,(H,22,23). The summed E-state index contributed by atoms with van der Waals surface area (Å²) in [7, 11) is 0. The minimum Gasteiger partial charge on any atom is -0.490 e. The number of carboxylic acids is 1. The summed E-state index contributed by atoms with van der Waals surface area (Å²) in [6.07, 6.45) is 2.24. The Kier molecular flexibility index (Phi) is 5.16. The van der Waals surface area contributed by atoms with Crippen molar-refractivity contribution < 1.29 is 14.6 Å². The number of rotatable bonds is 5. The zero-order valence-corrected chi connectivity index (χ0v) is 13.9. The fourth-order valence-corrected chi connectivity index (χ4v) is 3.06. The van der Waals surface area contributed by atoms with Gasteiger partial charge in [0.1, 0.15) is 11.9 Å². The van der Waals surface area contributed by atoms with Crippen molar-refractivity contribution in [1.82, 2.24) is 4.90 Å². The van der Waals surface area contributed by atoms with Gasteiger partial charge in [0.15, 0.2) is 0 Å². The van der Waals surface area contributed by atoms with Gasteiger partial charge in [-0.3, -0.25) is 4.90 Å². The van der Waals surface area contributed by atoms with E-state index in [1.165, 1.54) is 5.56 Å². The van der Waals surface area contributed by atoms with Crippen molar-refractivity contribution in [3.05, 3.63) is 65.2 Å². The Morgan fingerprint density at radius 3 is 2.54 bits per heavy atom. The van der Waals surface area contributed by atoms with Gasteiger partial charge in [0.25, 0.3) is 0 Å². The molecule has 0 atom stereocenters. The third-order valence-corrected chi connectivity index (χ3v) is 4.44. The predicted octanol–water partition coefficient (Wildman–Crippen LogP) is 3.74. The minimum absolute atomic E-state index is 0.259. The molecule has 1 saturated heterocycles. The van der Waals surface area contributed by atoms with Crippen molar-refractivity contribution in [3.8, 4) is 5.75 Å². The monoisotopic (exact) mass is 325 g/mol. The van der Waals surface area contributed by atoms with Crippen LogP contribution in [0.5, 0.6) is 5.75 Å². The number of hydrogen-bond donors (Lipinski definition) is 1. The quantitative estimate of drug-likeness (QED) is 0.910. The highest BCUT2D eigenvalue weighted by molar-refractivity contribution is 5.87. The first-order chi connectivity index (χ1) is 11.6. The molecule has 1 heterocycles. The van der Waals surface area contributed by atoms with E-state index in [2.05, 4.69) is 24.0 Å². The number of hydrogen-bond acceptors (Lipinski definition) is 3. The third-order valence-electron chi connectivity index (χ3n) is 4.44. The second kappa shape index (κ2) is 7.49. The van der Waals surface area contributed by atoms with Crippen molar-refractivity contribution in [2.45, 2.75) is 32.4 Å². The summed E-state index contributed by atoms with van der Waals surface area (Å²) in [6.45, 7) is 4.79. The summed E-state index contributed by atoms with van der Waals surface area (Å²) in [5.41, 5.74) is 2.64. The van der Waals surface area contributed by atoms with E-state index in [0.717, 1.165) is 43.8 Å². The largest absolute Gasteiger partial charge is 0.490 e. The molecule has 0 radical (unpaired) electrons. The number of aromatic carboxylic acids is 1. The molecule has 1 fully saturated rings. The van der Waals surface area contributed by atoms with Gasteiger partial charge >= 0.3 is 5.97 Å². The summed E-state index contributed by atoms with van der Waals surface area (Å²) in [6, 6.07) is 15.4. The molecular weight excluding hydrogens is 302 g/mol. The minimum atomic E-state index is -0.873. The van der Waals surface area contributed by atoms with Crippen LogP contribution in [0.1, 0.15) is 34.3 Å². The number of likely N-dealkylation sites (tertiary alicyclic amines) is 1. The van der Waals surface area contributed by atoms with Crippen LogP contribution in [0.2, 0.25) is 0 Å². The van der Waals surface area contributed by atoms with Crippen molar-refractivity contribution in [2.24, 2.45) is 0 Å². The molecule has 1 aliphatic rings. The van der Waals surface area contributed by atoms with Crippen LogP contribution in [-0.2, 0) is 6.54 Å². The van der Waals surface area contributed by atoms with E-state index in [0.29, 0.717) is 5.56 Å². The highest BCUT2D eigenvalue weighted by Gasteiger charge is 2.20. The van der Waals surface area contributed by atoms with Crippen LogP contribution < -0.4 is 4.74 Å². The summed E-state index contributed by atoms with van der Waals surface area (Å²) in [5, 5.41) is 9.08. The predicted molar refractivity (Wildman–Crippen MR) is 93.5 cm³/mol. The average Bonchev–Trinajstić information content (AvgIpc) is 2.59. The first-order valence-electron chi connectivity index (χ1n) is 8.38. The van der Waals surface area contributed by atoms with E-state index in [1.807, 2.05) is 24.3 Å². The summed E-state index contributed by atoms with van der Waals surface area (Å²) in [5.74, 6) is 0.0651. The molecule has 0 saturated carbocycles. The second-order valence-electron chi connectivity index (χ2n) is 6.41. The molecule has 3 rings (SSSR count). The molecule has 4 heteroatoms. The Morgan fingerprint density at radius 2 is 1.88 bits per heavy atom. The Balaban J connectivity index is 1.51. The van der Waals surface area contributed by atoms with Crippen LogP contribution in [0.3, 0.4) is 0 Å². The van der Waals surface area contributed by atoms with Crippen molar-refractivity contribution in [2.75, 3.05) is 13.1 Å². The molecule has 0 spiro atoms. The number of carboxylic acid groups (broad SMARTS) is 1. The fraction of sp³-hybridized carbons (Fsp3) is 0.350. The molecule has 0 bridgehead atoms. The lowest BCUT2D eigenvalue weighted by Crippen LogP contribution is -2.37. The lowest BCUT2D eigenvalue weighted by atomic mass is 10.1. The first kappa shape index (κ1) is 16.5. The van der Waals surface area contributed by atoms with Gasteiger partial charge in [-0.15, -0.1) is 0 Å². The van der Waals surface area contributed by atoms with Crippen molar-refractivity contribution in [3.63, 3.8) is 0 Å². The van der Waals surface area contributed by atoms with Crippen molar-refractivity contribution in [1.29, 1.82) is 0 Å². The second-order valence-corrected chi connectivity index (χ2v) is 6.41. The lowest BCUT2D eigenvalue weighted by Gasteiger charge is -2.32. The van der Waals surface area contributed by atoms with E-state index >= 15 is 0 Å². The van der Waals surface area contributed by atoms with E-state index in [-0.39, 0.29) is 6.10 Å². The molecule has 0 amide bonds. The van der Waals surface area contributed by atoms with Crippen LogP contribution in [0, 0.1) is 6.92 Å². The van der Waals surface area contributed by atoms with Gasteiger partial charge < -0.3 is 9.84 Å². The lowest BCUT2D eigenvalue weighted by molar-refractivity contribution is 0.0696. The molecule has 2 aromatic carbocycles. The zero-order valence-electron chi connectivity index (χ0n) is 13.9. The van der Waals surface area contributed by atoms with Gasteiger partial charge in [0.05, 0.1) is 5.56 Å². The van der Waals surface area contributed by atoms with Crippen LogP contribution >= 0.6 is 0 Å². The Bertz CT molecular complexity index is 688. The van der Waals surface area contributed by atoms with E-state index in [1.54, 1.807) is 12.1 Å². The van der Waals surface area contributed by atoms with E-state index in [9.17, 15) is 4.79 Å². The summed E-state index contributed by atoms with van der Waals surface area (Å²) in [4.78, 5) is 13.4. The Hall–Kier alpha value is -2.33. The molecule has 1 N–H and O–H groups in total. The highest BCUT2D eigenvalue weighted by Crippen LogP contribution is 2.20. The van der Waals surface area contributed by atoms with E-state index in [4.69, 9.17) is 9.84 Å². The molecule has 24 heavy (non-hydrogen) atoms. The average molecular weight is 325 g/mol. The molecule has 0 aliphatic carbocycles. The topological polar surface area (TPSA) is 49.8 Å². The van der Waals surface area contributed by atoms with Crippen LogP contribution in [-0.4, -0.2) is 35.2 Å². The number of benzene rings is 2. The molecule has 0 unspecified atom stereocenters. The maximum atomic E-state index is 11.1. The number of ether oxygens (including phenoxy) is 1. The van der Waals surface area contributed by atoms with Gasteiger partial charge in [-0.05, 0) is 49.6 Å². The van der Waals surface area contributed by atoms with Crippen LogP contribution in [0.15, 0.2) is 48.5 Å².